The molecule has 264 valence electrons. The molecule has 3 atom stereocenters. The normalized spacial score (nSPS) is 23.1. The number of amides is 4. The second-order valence-electron chi connectivity index (χ2n) is 13.5. The summed E-state index contributed by atoms with van der Waals surface area (Å²) in [6.45, 7) is 3.45. The van der Waals surface area contributed by atoms with E-state index in [0.29, 0.717) is 42.7 Å². The number of nitrogens with one attached hydrogen (secondary N) is 4. The summed E-state index contributed by atoms with van der Waals surface area (Å²) in [4.78, 5) is 56.6. The van der Waals surface area contributed by atoms with Crippen molar-refractivity contribution in [2.45, 2.75) is 87.2 Å². The molecule has 1 unspecified atom stereocenters. The highest BCUT2D eigenvalue weighted by atomic mass is 32.2. The second kappa shape index (κ2) is 13.8. The van der Waals surface area contributed by atoms with E-state index in [-0.39, 0.29) is 32.0 Å². The fourth-order valence-corrected chi connectivity index (χ4v) is 7.83. The van der Waals surface area contributed by atoms with Crippen molar-refractivity contribution >= 4 is 44.6 Å². The van der Waals surface area contributed by atoms with Crippen molar-refractivity contribution < 1.29 is 41.8 Å². The van der Waals surface area contributed by atoms with Crippen LogP contribution in [0.2, 0.25) is 0 Å². The topological polar surface area (TPSA) is 191 Å². The van der Waals surface area contributed by atoms with Crippen LogP contribution in [0, 0.1) is 11.3 Å². The van der Waals surface area contributed by atoms with E-state index in [1.165, 1.54) is 0 Å². The van der Waals surface area contributed by atoms with Gasteiger partial charge in [0.1, 0.15) is 23.5 Å². The largest absolute Gasteiger partial charge is 0.497 e. The number of ether oxygens (including phenoxy) is 3. The number of carbonyl (C=O) groups excluding carboxylic acids is 4. The van der Waals surface area contributed by atoms with Gasteiger partial charge in [0.05, 0.1) is 30.9 Å². The average Bonchev–Trinajstić information content (AvgIpc) is 4.01. The van der Waals surface area contributed by atoms with Crippen molar-refractivity contribution in [2.24, 2.45) is 11.3 Å². The molecule has 1 aromatic carbocycles. The van der Waals surface area contributed by atoms with Gasteiger partial charge in [-0.15, -0.1) is 6.58 Å². The number of sulfonamides is 1. The minimum absolute atomic E-state index is 0.0119. The first kappa shape index (κ1) is 34.5. The molecule has 4 saturated carbocycles. The summed E-state index contributed by atoms with van der Waals surface area (Å²) in [7, 11) is -2.25. The predicted molar refractivity (Wildman–Crippen MR) is 178 cm³/mol. The summed E-state index contributed by atoms with van der Waals surface area (Å²) in [5, 5.41) is 9.06. The van der Waals surface area contributed by atoms with Crippen LogP contribution < -0.4 is 30.1 Å². The smallest absolute Gasteiger partial charge is 0.407 e. The lowest BCUT2D eigenvalue weighted by molar-refractivity contribution is -0.133. The SMILES string of the molecule is C=C[C@@H]1CC1(NC(=O)C1(C[C@H](CNC(=O)CNC(=O)OC2CCCC2)Oc2nccc3cc(OC)ccc23)CC1)C(=O)NS(=O)(=O)C1CC1. The Morgan fingerprint density at radius 1 is 1.06 bits per heavy atom. The number of fused-ring (bicyclic) bond motifs is 1. The molecule has 1 aromatic heterocycles. The number of hydrogen-bond donors (Lipinski definition) is 4. The fraction of sp³-hybridized carbons (Fsp3) is 0.559. The molecule has 14 nitrogen and oxygen atoms in total. The number of benzene rings is 1. The zero-order chi connectivity index (χ0) is 34.8. The highest BCUT2D eigenvalue weighted by Crippen LogP contribution is 2.53. The number of pyridine rings is 1. The Hall–Kier alpha value is -4.40. The maximum atomic E-state index is 13.9. The lowest BCUT2D eigenvalue weighted by atomic mass is 9.96. The number of alkyl carbamates (subject to hydrolysis) is 1. The molecule has 0 saturated heterocycles. The summed E-state index contributed by atoms with van der Waals surface area (Å²) >= 11 is 0. The van der Waals surface area contributed by atoms with Crippen LogP contribution in [0.3, 0.4) is 0 Å². The van der Waals surface area contributed by atoms with Crippen LogP contribution in [-0.2, 0) is 29.1 Å². The minimum atomic E-state index is -3.82. The van der Waals surface area contributed by atoms with E-state index in [1.807, 2.05) is 18.2 Å². The van der Waals surface area contributed by atoms with Gasteiger partial charge in [-0.1, -0.05) is 6.08 Å². The number of rotatable bonds is 16. The van der Waals surface area contributed by atoms with Crippen molar-refractivity contribution in [2.75, 3.05) is 20.2 Å². The molecule has 0 bridgehead atoms. The summed E-state index contributed by atoms with van der Waals surface area (Å²) < 4.78 is 44.4. The quantitative estimate of drug-likeness (QED) is 0.190. The van der Waals surface area contributed by atoms with Gasteiger partial charge < -0.3 is 30.2 Å². The van der Waals surface area contributed by atoms with E-state index < -0.39 is 62.1 Å². The van der Waals surface area contributed by atoms with Crippen LogP contribution >= 0.6 is 0 Å². The van der Waals surface area contributed by atoms with Gasteiger partial charge >= 0.3 is 6.09 Å². The number of methoxy groups -OCH3 is 1. The van der Waals surface area contributed by atoms with Crippen molar-refractivity contribution in [3.8, 4) is 11.6 Å². The molecule has 2 aromatic rings. The van der Waals surface area contributed by atoms with E-state index in [1.54, 1.807) is 25.4 Å². The van der Waals surface area contributed by atoms with Crippen molar-refractivity contribution in [3.05, 3.63) is 43.1 Å². The van der Waals surface area contributed by atoms with Crippen molar-refractivity contribution in [1.29, 1.82) is 0 Å². The molecule has 49 heavy (non-hydrogen) atoms. The van der Waals surface area contributed by atoms with Gasteiger partial charge in [-0.2, -0.15) is 0 Å². The zero-order valence-corrected chi connectivity index (χ0v) is 28.3. The van der Waals surface area contributed by atoms with Crippen LogP contribution in [0.1, 0.15) is 64.2 Å². The van der Waals surface area contributed by atoms with E-state index in [2.05, 4.69) is 32.2 Å². The Morgan fingerprint density at radius 3 is 2.47 bits per heavy atom. The van der Waals surface area contributed by atoms with E-state index in [9.17, 15) is 27.6 Å². The number of nitrogens with zero attached hydrogens (tertiary/aromatic N) is 1. The van der Waals surface area contributed by atoms with Crippen molar-refractivity contribution in [1.82, 2.24) is 25.7 Å². The zero-order valence-electron chi connectivity index (χ0n) is 27.5. The number of aromatic nitrogens is 1. The highest BCUT2D eigenvalue weighted by Gasteiger charge is 2.63. The first-order chi connectivity index (χ1) is 23.5. The third-order valence-electron chi connectivity index (χ3n) is 9.90. The second-order valence-corrected chi connectivity index (χ2v) is 15.5. The minimum Gasteiger partial charge on any atom is -0.497 e. The van der Waals surface area contributed by atoms with Gasteiger partial charge in [0.15, 0.2) is 0 Å². The molecule has 4 fully saturated rings. The lowest BCUT2D eigenvalue weighted by Gasteiger charge is -2.26. The Labute approximate surface area is 285 Å². The third kappa shape index (κ3) is 7.92. The van der Waals surface area contributed by atoms with E-state index in [0.717, 1.165) is 31.1 Å². The Kier molecular flexibility index (Phi) is 9.74. The maximum Gasteiger partial charge on any atom is 0.407 e. The molecule has 4 aliphatic rings. The van der Waals surface area contributed by atoms with E-state index in [4.69, 9.17) is 14.2 Å². The van der Waals surface area contributed by atoms with Gasteiger partial charge in [-0.3, -0.25) is 19.1 Å². The van der Waals surface area contributed by atoms with Crippen LogP contribution in [0.5, 0.6) is 11.6 Å². The molecule has 1 heterocycles. The van der Waals surface area contributed by atoms with E-state index >= 15 is 0 Å². The van der Waals surface area contributed by atoms with Crippen LogP contribution in [0.4, 0.5) is 4.79 Å². The maximum absolute atomic E-state index is 13.9. The lowest BCUT2D eigenvalue weighted by Crippen LogP contribution is -2.54. The monoisotopic (exact) mass is 697 g/mol. The fourth-order valence-electron chi connectivity index (χ4n) is 6.47. The van der Waals surface area contributed by atoms with Gasteiger partial charge in [0, 0.05) is 23.9 Å². The third-order valence-corrected chi connectivity index (χ3v) is 11.7. The summed E-state index contributed by atoms with van der Waals surface area (Å²) in [6, 6.07) is 7.24. The Balaban J connectivity index is 1.14. The molecule has 4 aliphatic carbocycles. The molecule has 4 N–H and O–H groups in total. The average molecular weight is 698 g/mol. The molecule has 15 heteroatoms. The molecular weight excluding hydrogens is 654 g/mol. The van der Waals surface area contributed by atoms with Gasteiger partial charge in [-0.25, -0.2) is 18.2 Å². The molecule has 6 rings (SSSR count). The molecule has 0 aliphatic heterocycles. The van der Waals surface area contributed by atoms with Crippen molar-refractivity contribution in [3.63, 3.8) is 0 Å². The standard InChI is InChI=1S/C34H43N5O9S/c1-3-22-17-34(22,31(42)39-49(44,45)26-9-10-26)38-30(41)33(13-14-33)18-25(19-36-28(40)20-37-32(43)48-23-6-4-5-7-23)47-29-27-11-8-24(46-2)16-21(27)12-15-35-29/h3,8,11-12,15-16,22-23,25-26H,1,4-7,9-10,13-14,17-20H2,2H3,(H,36,40)(H,37,43)(H,38,41)(H,39,42)/t22-,25-,34?/m1/s1. The van der Waals surface area contributed by atoms with Crippen LogP contribution in [-0.4, -0.2) is 80.4 Å². The first-order valence-electron chi connectivity index (χ1n) is 16.8. The van der Waals surface area contributed by atoms with Crippen LogP contribution in [0.15, 0.2) is 43.1 Å². The van der Waals surface area contributed by atoms with Gasteiger partial charge in [-0.05, 0) is 87.4 Å². The van der Waals surface area contributed by atoms with Crippen LogP contribution in [0.25, 0.3) is 10.8 Å². The number of hydrogen-bond acceptors (Lipinski definition) is 10. The molecule has 0 radical (unpaired) electrons. The summed E-state index contributed by atoms with van der Waals surface area (Å²) in [5.74, 6) is -1.10. The summed E-state index contributed by atoms with van der Waals surface area (Å²) in [5.41, 5.74) is -2.33. The predicted octanol–water partition coefficient (Wildman–Crippen LogP) is 2.62. The molecule has 4 amide bonds. The Morgan fingerprint density at radius 2 is 1.82 bits per heavy atom. The number of carbonyl (C=O) groups is 4. The Bertz CT molecular complexity index is 1740. The molecular formula is C34H43N5O9S. The molecule has 0 spiro atoms. The summed E-state index contributed by atoms with van der Waals surface area (Å²) in [6.07, 6.45) is 7.62. The van der Waals surface area contributed by atoms with Gasteiger partial charge in [0.2, 0.25) is 27.7 Å². The van der Waals surface area contributed by atoms with Gasteiger partial charge in [0.25, 0.3) is 5.91 Å². The highest BCUT2D eigenvalue weighted by molar-refractivity contribution is 7.91. The first-order valence-corrected chi connectivity index (χ1v) is 18.3.